The van der Waals surface area contributed by atoms with Gasteiger partial charge in [0, 0.05) is 69.4 Å². The summed E-state index contributed by atoms with van der Waals surface area (Å²) in [5.41, 5.74) is 15.5. The molecule has 0 saturated carbocycles. The van der Waals surface area contributed by atoms with Gasteiger partial charge in [-0.05, 0) is 108 Å². The minimum absolute atomic E-state index is 1.15. The van der Waals surface area contributed by atoms with Crippen LogP contribution in [0.4, 0.5) is 0 Å². The average Bonchev–Trinajstić information content (AvgIpc) is 4.10. The molecule has 0 spiro atoms. The summed E-state index contributed by atoms with van der Waals surface area (Å²) >= 11 is 1.86. The molecule has 3 nitrogen and oxygen atoms in total. The Morgan fingerprint density at radius 2 is 0.688 bits per heavy atom. The zero-order valence-corrected chi connectivity index (χ0v) is 35.4. The lowest BCUT2D eigenvalue weighted by atomic mass is 10.0. The van der Waals surface area contributed by atoms with Crippen LogP contribution in [0.3, 0.4) is 0 Å². The van der Waals surface area contributed by atoms with Crippen molar-refractivity contribution in [1.29, 1.82) is 0 Å². The number of fused-ring (bicyclic) bond motifs is 12. The highest BCUT2D eigenvalue weighted by Crippen LogP contribution is 2.42. The highest BCUT2D eigenvalue weighted by molar-refractivity contribution is 7.25. The smallest absolute Gasteiger partial charge is 0.0542 e. The third-order valence-electron chi connectivity index (χ3n) is 13.4. The highest BCUT2D eigenvalue weighted by atomic mass is 32.1. The lowest BCUT2D eigenvalue weighted by Gasteiger charge is -2.14. The van der Waals surface area contributed by atoms with Crippen molar-refractivity contribution in [3.63, 3.8) is 0 Å². The molecule has 0 aliphatic heterocycles. The van der Waals surface area contributed by atoms with Crippen LogP contribution in [0.5, 0.6) is 0 Å². The van der Waals surface area contributed by atoms with Crippen LogP contribution in [0.15, 0.2) is 224 Å². The molecule has 4 heteroatoms. The molecule has 0 amide bonds. The van der Waals surface area contributed by atoms with Crippen molar-refractivity contribution in [3.05, 3.63) is 224 Å². The summed E-state index contributed by atoms with van der Waals surface area (Å²) in [5, 5.41) is 10.1. The number of aromatic nitrogens is 3. The van der Waals surface area contributed by atoms with Crippen LogP contribution in [0.1, 0.15) is 0 Å². The van der Waals surface area contributed by atoms with E-state index in [-0.39, 0.29) is 0 Å². The van der Waals surface area contributed by atoms with Gasteiger partial charge in [0.05, 0.1) is 38.8 Å². The number of hydrogen-bond acceptors (Lipinski definition) is 1. The van der Waals surface area contributed by atoms with Gasteiger partial charge < -0.3 is 13.7 Å². The second-order valence-electron chi connectivity index (χ2n) is 16.9. The van der Waals surface area contributed by atoms with Gasteiger partial charge in [0.1, 0.15) is 0 Å². The topological polar surface area (TPSA) is 14.8 Å². The van der Waals surface area contributed by atoms with Crippen LogP contribution in [-0.2, 0) is 0 Å². The average molecular weight is 832 g/mol. The predicted molar refractivity (Wildman–Crippen MR) is 273 cm³/mol. The normalized spacial score (nSPS) is 12.1. The van der Waals surface area contributed by atoms with E-state index in [1.165, 1.54) is 119 Å². The Balaban J connectivity index is 0.918. The SMILES string of the molecule is c1ccc(-c2ccccc2-n2c3ccccc3c3cc(-n4c5ccccc5c5cc(-c6ccc7c(c6)c6ccccc6n7-c6ccc7sc8ccccc8c7c6)ccc54)ccc32)cc1. The summed E-state index contributed by atoms with van der Waals surface area (Å²) in [7, 11) is 0. The number of nitrogens with zero attached hydrogens (tertiary/aromatic N) is 3. The molecule has 0 radical (unpaired) electrons. The largest absolute Gasteiger partial charge is 0.309 e. The van der Waals surface area contributed by atoms with Gasteiger partial charge in [-0.2, -0.15) is 0 Å². The second-order valence-corrected chi connectivity index (χ2v) is 18.0. The number of rotatable bonds is 5. The minimum Gasteiger partial charge on any atom is -0.309 e. The third-order valence-corrected chi connectivity index (χ3v) is 14.6. The van der Waals surface area contributed by atoms with E-state index in [0.29, 0.717) is 0 Å². The van der Waals surface area contributed by atoms with Crippen molar-refractivity contribution in [1.82, 2.24) is 13.7 Å². The predicted octanol–water partition coefficient (Wildman–Crippen LogP) is 16.7. The van der Waals surface area contributed by atoms with E-state index in [9.17, 15) is 0 Å². The second kappa shape index (κ2) is 13.7. The zero-order chi connectivity index (χ0) is 41.9. The molecule has 0 bridgehead atoms. The summed E-state index contributed by atoms with van der Waals surface area (Å²) < 4.78 is 9.97. The van der Waals surface area contributed by atoms with E-state index in [1.54, 1.807) is 0 Å². The van der Waals surface area contributed by atoms with Gasteiger partial charge in [-0.1, -0.05) is 133 Å². The molecule has 10 aromatic carbocycles. The molecule has 0 saturated heterocycles. The standard InChI is InChI=1S/C60H37N3S/c1-2-14-38(15-3-1)43-16-4-9-21-52(43)63-55-24-12-7-19-46(55)50-36-41(28-32-58(50)63)61-53-22-10-5-17-44(53)48-34-39(26-30-56(48)61)40-27-31-57-49(35-40)45-18-6-11-23-54(45)62(57)42-29-33-60-51(37-42)47-20-8-13-25-59(47)64-60/h1-37H. The monoisotopic (exact) mass is 831 g/mol. The zero-order valence-electron chi connectivity index (χ0n) is 34.6. The van der Waals surface area contributed by atoms with E-state index >= 15 is 0 Å². The van der Waals surface area contributed by atoms with Gasteiger partial charge in [-0.15, -0.1) is 11.3 Å². The van der Waals surface area contributed by atoms with E-state index in [1.807, 2.05) is 11.3 Å². The molecular weight excluding hydrogens is 795 g/mol. The Hall–Kier alpha value is -8.18. The molecule has 0 atom stereocenters. The van der Waals surface area contributed by atoms with Crippen LogP contribution in [-0.4, -0.2) is 13.7 Å². The van der Waals surface area contributed by atoms with E-state index in [2.05, 4.69) is 238 Å². The van der Waals surface area contributed by atoms with E-state index in [4.69, 9.17) is 0 Å². The maximum atomic E-state index is 2.45. The molecule has 0 N–H and O–H groups in total. The van der Waals surface area contributed by atoms with Crippen molar-refractivity contribution in [2.75, 3.05) is 0 Å². The summed E-state index contributed by atoms with van der Waals surface area (Å²) in [6.07, 6.45) is 0. The molecule has 4 heterocycles. The van der Waals surface area contributed by atoms with E-state index < -0.39 is 0 Å². The van der Waals surface area contributed by atoms with Crippen LogP contribution in [0, 0.1) is 0 Å². The summed E-state index contributed by atoms with van der Waals surface area (Å²) in [6, 6.07) is 82.7. The molecular formula is C60H37N3S. The fraction of sp³-hybridized carbons (Fsp3) is 0. The molecule has 14 aromatic rings. The Bertz CT molecular complexity index is 4200. The first-order valence-electron chi connectivity index (χ1n) is 21.9. The van der Waals surface area contributed by atoms with Gasteiger partial charge in [-0.3, -0.25) is 0 Å². The first kappa shape index (κ1) is 35.4. The molecule has 0 aliphatic rings. The summed E-state index contributed by atoms with van der Waals surface area (Å²) in [6.45, 7) is 0. The number of benzene rings is 10. The lowest BCUT2D eigenvalue weighted by Crippen LogP contribution is -1.98. The molecule has 4 aromatic heterocycles. The maximum absolute atomic E-state index is 2.45. The van der Waals surface area contributed by atoms with Crippen molar-refractivity contribution in [2.45, 2.75) is 0 Å². The molecule has 14 rings (SSSR count). The van der Waals surface area contributed by atoms with Gasteiger partial charge >= 0.3 is 0 Å². The number of para-hydroxylation sites is 4. The van der Waals surface area contributed by atoms with Crippen molar-refractivity contribution in [3.8, 4) is 39.3 Å². The fourth-order valence-corrected chi connectivity index (χ4v) is 11.7. The molecule has 0 aliphatic carbocycles. The molecule has 64 heavy (non-hydrogen) atoms. The summed E-state index contributed by atoms with van der Waals surface area (Å²) in [5.74, 6) is 0. The van der Waals surface area contributed by atoms with Crippen molar-refractivity contribution in [2.24, 2.45) is 0 Å². The first-order valence-corrected chi connectivity index (χ1v) is 22.7. The Morgan fingerprint density at radius 1 is 0.250 bits per heavy atom. The molecule has 298 valence electrons. The van der Waals surface area contributed by atoms with E-state index in [0.717, 1.165) is 5.69 Å². The molecule has 0 unspecified atom stereocenters. The number of hydrogen-bond donors (Lipinski definition) is 0. The lowest BCUT2D eigenvalue weighted by molar-refractivity contribution is 1.17. The fourth-order valence-electron chi connectivity index (χ4n) is 10.6. The highest BCUT2D eigenvalue weighted by Gasteiger charge is 2.20. The number of thiophene rings is 1. The van der Waals surface area contributed by atoms with Crippen LogP contribution in [0.2, 0.25) is 0 Å². The van der Waals surface area contributed by atoms with Gasteiger partial charge in [0.2, 0.25) is 0 Å². The van der Waals surface area contributed by atoms with Crippen LogP contribution < -0.4 is 0 Å². The Kier molecular flexibility index (Phi) is 7.56. The third kappa shape index (κ3) is 5.15. The summed E-state index contributed by atoms with van der Waals surface area (Å²) in [4.78, 5) is 0. The Morgan fingerprint density at radius 3 is 1.34 bits per heavy atom. The van der Waals surface area contributed by atoms with Gasteiger partial charge in [-0.25, -0.2) is 0 Å². The quantitative estimate of drug-likeness (QED) is 0.164. The van der Waals surface area contributed by atoms with Crippen molar-refractivity contribution >= 4 is 96.9 Å². The Labute approximate surface area is 372 Å². The van der Waals surface area contributed by atoms with Crippen molar-refractivity contribution < 1.29 is 0 Å². The van der Waals surface area contributed by atoms with Gasteiger partial charge in [0.15, 0.2) is 0 Å². The van der Waals surface area contributed by atoms with Gasteiger partial charge in [0.25, 0.3) is 0 Å². The minimum atomic E-state index is 1.15. The van der Waals surface area contributed by atoms with Crippen LogP contribution in [0.25, 0.3) is 125 Å². The maximum Gasteiger partial charge on any atom is 0.0542 e. The molecule has 0 fully saturated rings. The first-order chi connectivity index (χ1) is 31.7. The van der Waals surface area contributed by atoms with Crippen LogP contribution >= 0.6 is 11.3 Å².